The van der Waals surface area contributed by atoms with Gasteiger partial charge in [-0.1, -0.05) is 12.1 Å². The zero-order chi connectivity index (χ0) is 25.1. The minimum Gasteiger partial charge on any atom is -0.454 e. The summed E-state index contributed by atoms with van der Waals surface area (Å²) in [5.41, 5.74) is 10.9. The lowest BCUT2D eigenvalue weighted by Crippen LogP contribution is -1.88. The van der Waals surface area contributed by atoms with Gasteiger partial charge < -0.3 is 8.83 Å². The predicted octanol–water partition coefficient (Wildman–Crippen LogP) is 7.46. The van der Waals surface area contributed by atoms with Crippen molar-refractivity contribution in [1.29, 1.82) is 0 Å². The molecule has 0 saturated carbocycles. The minimum atomic E-state index is 0.691. The van der Waals surface area contributed by atoms with Crippen molar-refractivity contribution in [2.45, 2.75) is 0 Å². The molecule has 0 spiro atoms. The molecule has 0 atom stereocenters. The fourth-order valence-electron chi connectivity index (χ4n) is 5.03. The van der Waals surface area contributed by atoms with Crippen LogP contribution >= 0.6 is 0 Å². The number of fused-ring (bicyclic) bond motifs is 6. The van der Waals surface area contributed by atoms with Gasteiger partial charge in [0, 0.05) is 82.1 Å². The third-order valence-corrected chi connectivity index (χ3v) is 6.80. The highest BCUT2D eigenvalue weighted by Gasteiger charge is 2.16. The molecule has 1 aromatic carbocycles. The third kappa shape index (κ3) is 3.12. The molecule has 178 valence electrons. The first-order valence-corrected chi connectivity index (χ1v) is 12.1. The van der Waals surface area contributed by atoms with Crippen LogP contribution in [-0.4, -0.2) is 24.9 Å². The van der Waals surface area contributed by atoms with E-state index in [1.54, 1.807) is 12.4 Å². The van der Waals surface area contributed by atoms with E-state index in [9.17, 15) is 0 Å². The number of aromatic nitrogens is 5. The van der Waals surface area contributed by atoms with Gasteiger partial charge in [-0.25, -0.2) is 0 Å². The van der Waals surface area contributed by atoms with Gasteiger partial charge in [0.05, 0.1) is 0 Å². The standard InChI is InChI=1S/C31H17N5O2/c1-2-5-25-24(4-1)27-30(37-25)22(7-10-35-27)20-12-18(14-32-16-20)19-13-21(17-33-15-19)23-8-11-36-29-28-26(38-31(23)29)6-3-9-34-28/h1-17H. The molecule has 0 fully saturated rings. The Labute approximate surface area is 215 Å². The lowest BCUT2D eigenvalue weighted by Gasteiger charge is -2.08. The van der Waals surface area contributed by atoms with Gasteiger partial charge in [-0.3, -0.25) is 24.9 Å². The number of para-hydroxylation sites is 1. The maximum absolute atomic E-state index is 6.20. The van der Waals surface area contributed by atoms with E-state index < -0.39 is 0 Å². The predicted molar refractivity (Wildman–Crippen MR) is 146 cm³/mol. The lowest BCUT2D eigenvalue weighted by atomic mass is 10.00. The Bertz CT molecular complexity index is 2010. The molecule has 0 aliphatic rings. The van der Waals surface area contributed by atoms with E-state index in [0.717, 1.165) is 66.5 Å². The summed E-state index contributed by atoms with van der Waals surface area (Å²) in [7, 11) is 0. The monoisotopic (exact) mass is 491 g/mol. The molecule has 0 unspecified atom stereocenters. The molecular weight excluding hydrogens is 474 g/mol. The van der Waals surface area contributed by atoms with Crippen molar-refractivity contribution in [3.8, 4) is 33.4 Å². The summed E-state index contributed by atoms with van der Waals surface area (Å²) >= 11 is 0. The molecule has 38 heavy (non-hydrogen) atoms. The van der Waals surface area contributed by atoms with Crippen LogP contribution in [0.2, 0.25) is 0 Å². The normalized spacial score (nSPS) is 11.7. The van der Waals surface area contributed by atoms with Gasteiger partial charge in [0.15, 0.2) is 16.7 Å². The van der Waals surface area contributed by atoms with Crippen molar-refractivity contribution >= 4 is 44.3 Å². The number of rotatable bonds is 3. The first kappa shape index (κ1) is 20.7. The number of benzene rings is 1. The van der Waals surface area contributed by atoms with Crippen molar-refractivity contribution < 1.29 is 8.83 Å². The summed E-state index contributed by atoms with van der Waals surface area (Å²) in [4.78, 5) is 22.6. The van der Waals surface area contributed by atoms with Crippen LogP contribution in [-0.2, 0) is 0 Å². The van der Waals surface area contributed by atoms with Gasteiger partial charge in [-0.15, -0.1) is 0 Å². The first-order chi connectivity index (χ1) is 18.8. The van der Waals surface area contributed by atoms with Crippen molar-refractivity contribution in [2.24, 2.45) is 0 Å². The van der Waals surface area contributed by atoms with E-state index in [2.05, 4.69) is 37.1 Å². The molecule has 0 N–H and O–H groups in total. The van der Waals surface area contributed by atoms with Crippen molar-refractivity contribution in [1.82, 2.24) is 24.9 Å². The molecule has 0 aliphatic carbocycles. The van der Waals surface area contributed by atoms with Crippen molar-refractivity contribution in [3.63, 3.8) is 0 Å². The van der Waals surface area contributed by atoms with Crippen LogP contribution in [0.5, 0.6) is 0 Å². The van der Waals surface area contributed by atoms with E-state index in [-0.39, 0.29) is 0 Å². The molecule has 7 heteroatoms. The zero-order valence-electron chi connectivity index (χ0n) is 19.9. The Hall–Kier alpha value is -5.43. The quantitative estimate of drug-likeness (QED) is 0.253. The van der Waals surface area contributed by atoms with Crippen molar-refractivity contribution in [2.75, 3.05) is 0 Å². The SMILES string of the molecule is c1ccc2c(c1)oc1c(-c3cncc(-c4cncc(-c5ccnc6c5oc5cccnc56)c4)c3)ccnc12. The number of hydrogen-bond acceptors (Lipinski definition) is 7. The van der Waals surface area contributed by atoms with Gasteiger partial charge in [0.25, 0.3) is 0 Å². The fraction of sp³-hybridized carbons (Fsp3) is 0. The molecule has 7 heterocycles. The van der Waals surface area contributed by atoms with Gasteiger partial charge in [0.1, 0.15) is 22.1 Å². The van der Waals surface area contributed by atoms with E-state index in [1.807, 2.05) is 79.5 Å². The Morgan fingerprint density at radius 1 is 0.474 bits per heavy atom. The average molecular weight is 492 g/mol. The van der Waals surface area contributed by atoms with E-state index in [0.29, 0.717) is 11.2 Å². The number of nitrogens with zero attached hydrogens (tertiary/aromatic N) is 5. The van der Waals surface area contributed by atoms with E-state index in [1.165, 1.54) is 0 Å². The number of pyridine rings is 5. The Morgan fingerprint density at radius 2 is 1.05 bits per heavy atom. The van der Waals surface area contributed by atoms with Gasteiger partial charge in [-0.2, -0.15) is 0 Å². The first-order valence-electron chi connectivity index (χ1n) is 12.1. The number of hydrogen-bond donors (Lipinski definition) is 0. The second-order valence-electron chi connectivity index (χ2n) is 9.05. The second kappa shape index (κ2) is 8.04. The molecule has 7 aromatic heterocycles. The van der Waals surface area contributed by atoms with Crippen LogP contribution in [0.4, 0.5) is 0 Å². The van der Waals surface area contributed by atoms with Gasteiger partial charge in [-0.05, 0) is 48.5 Å². The fourth-order valence-corrected chi connectivity index (χ4v) is 5.03. The highest BCUT2D eigenvalue weighted by atomic mass is 16.3. The summed E-state index contributed by atoms with van der Waals surface area (Å²) in [6, 6.07) is 19.8. The van der Waals surface area contributed by atoms with Crippen LogP contribution < -0.4 is 0 Å². The summed E-state index contributed by atoms with van der Waals surface area (Å²) in [6.45, 7) is 0. The maximum Gasteiger partial charge on any atom is 0.163 e. The Morgan fingerprint density at radius 3 is 1.82 bits per heavy atom. The summed E-state index contributed by atoms with van der Waals surface area (Å²) in [5.74, 6) is 0. The Balaban J connectivity index is 1.25. The average Bonchev–Trinajstić information content (AvgIpc) is 3.56. The molecule has 8 aromatic rings. The van der Waals surface area contributed by atoms with Crippen LogP contribution in [0, 0.1) is 0 Å². The van der Waals surface area contributed by atoms with Crippen LogP contribution in [0.3, 0.4) is 0 Å². The topological polar surface area (TPSA) is 90.7 Å². The molecule has 8 rings (SSSR count). The molecule has 0 saturated heterocycles. The minimum absolute atomic E-state index is 0.691. The van der Waals surface area contributed by atoms with E-state index >= 15 is 0 Å². The highest BCUT2D eigenvalue weighted by molar-refractivity contribution is 6.07. The summed E-state index contributed by atoms with van der Waals surface area (Å²) in [6.07, 6.45) is 12.7. The van der Waals surface area contributed by atoms with Crippen LogP contribution in [0.15, 0.2) is 113 Å². The Kier molecular flexibility index (Phi) is 4.39. The van der Waals surface area contributed by atoms with Crippen molar-refractivity contribution in [3.05, 3.63) is 104 Å². The summed E-state index contributed by atoms with van der Waals surface area (Å²) < 4.78 is 12.3. The van der Waals surface area contributed by atoms with Gasteiger partial charge >= 0.3 is 0 Å². The smallest absolute Gasteiger partial charge is 0.163 e. The highest BCUT2D eigenvalue weighted by Crippen LogP contribution is 2.37. The molecule has 0 amide bonds. The second-order valence-corrected chi connectivity index (χ2v) is 9.05. The van der Waals surface area contributed by atoms with E-state index in [4.69, 9.17) is 8.83 Å². The molecular formula is C31H17N5O2. The van der Waals surface area contributed by atoms with Gasteiger partial charge in [0.2, 0.25) is 0 Å². The largest absolute Gasteiger partial charge is 0.454 e. The lowest BCUT2D eigenvalue weighted by molar-refractivity contribution is 0.668. The molecule has 0 radical (unpaired) electrons. The summed E-state index contributed by atoms with van der Waals surface area (Å²) in [5, 5.41) is 0.995. The zero-order valence-corrected chi connectivity index (χ0v) is 19.9. The van der Waals surface area contributed by atoms with Crippen LogP contribution in [0.1, 0.15) is 0 Å². The molecule has 0 bridgehead atoms. The molecule has 7 nitrogen and oxygen atoms in total. The van der Waals surface area contributed by atoms with Crippen LogP contribution in [0.25, 0.3) is 77.6 Å². The maximum atomic E-state index is 6.20. The number of furan rings is 2. The third-order valence-electron chi connectivity index (χ3n) is 6.80. The molecule has 0 aliphatic heterocycles.